The number of aryl methyl sites for hydroxylation is 1. The molecule has 1 fully saturated rings. The zero-order valence-electron chi connectivity index (χ0n) is 17.1. The molecule has 2 aromatic carbocycles. The topological polar surface area (TPSA) is 88.3 Å². The Bertz CT molecular complexity index is 1050. The SMILES string of the molecule is CC(=O)Nc1ccc(-c2noc(C3CCN(C(=O)c4ccccc4C)CC3)n2)cc1. The van der Waals surface area contributed by atoms with Gasteiger partial charge in [0.1, 0.15) is 0 Å². The van der Waals surface area contributed by atoms with E-state index in [1.807, 2.05) is 60.4 Å². The molecule has 1 aromatic heterocycles. The van der Waals surface area contributed by atoms with Gasteiger partial charge in [-0.1, -0.05) is 23.4 Å². The van der Waals surface area contributed by atoms with Crippen molar-refractivity contribution in [3.63, 3.8) is 0 Å². The summed E-state index contributed by atoms with van der Waals surface area (Å²) in [4.78, 5) is 30.4. The summed E-state index contributed by atoms with van der Waals surface area (Å²) in [5.41, 5.74) is 3.31. The summed E-state index contributed by atoms with van der Waals surface area (Å²) in [6, 6.07) is 15.0. The Morgan fingerprint density at radius 1 is 1.07 bits per heavy atom. The lowest BCUT2D eigenvalue weighted by atomic mass is 9.96. The number of benzene rings is 2. The minimum absolute atomic E-state index is 0.0806. The van der Waals surface area contributed by atoms with Gasteiger partial charge < -0.3 is 14.7 Å². The standard InChI is InChI=1S/C23H24N4O3/c1-15-5-3-4-6-20(15)23(29)27-13-11-18(12-14-27)22-25-21(26-30-22)17-7-9-19(10-8-17)24-16(2)28/h3-10,18H,11-14H2,1-2H3,(H,24,28). The van der Waals surface area contributed by atoms with Crippen molar-refractivity contribution in [1.29, 1.82) is 0 Å². The highest BCUT2D eigenvalue weighted by atomic mass is 16.5. The molecule has 4 rings (SSSR count). The summed E-state index contributed by atoms with van der Waals surface area (Å²) in [6.45, 7) is 4.77. The second kappa shape index (κ2) is 8.49. The fraction of sp³-hybridized carbons (Fsp3) is 0.304. The van der Waals surface area contributed by atoms with E-state index in [9.17, 15) is 9.59 Å². The van der Waals surface area contributed by atoms with Crippen molar-refractivity contribution in [3.8, 4) is 11.4 Å². The van der Waals surface area contributed by atoms with Crippen molar-refractivity contribution in [2.45, 2.75) is 32.6 Å². The average molecular weight is 404 g/mol. The van der Waals surface area contributed by atoms with E-state index in [0.717, 1.165) is 35.2 Å². The third kappa shape index (κ3) is 4.25. The highest BCUT2D eigenvalue weighted by Gasteiger charge is 2.28. The number of hydrogen-bond acceptors (Lipinski definition) is 5. The van der Waals surface area contributed by atoms with Crippen molar-refractivity contribution >= 4 is 17.5 Å². The number of hydrogen-bond donors (Lipinski definition) is 1. The molecule has 0 atom stereocenters. The van der Waals surface area contributed by atoms with E-state index in [1.165, 1.54) is 6.92 Å². The molecule has 30 heavy (non-hydrogen) atoms. The molecule has 7 heteroatoms. The Hall–Kier alpha value is -3.48. The minimum atomic E-state index is -0.114. The molecule has 7 nitrogen and oxygen atoms in total. The summed E-state index contributed by atoms with van der Waals surface area (Å²) < 4.78 is 5.52. The Kier molecular flexibility index (Phi) is 5.61. The van der Waals surface area contributed by atoms with E-state index in [4.69, 9.17) is 4.52 Å². The molecular weight excluding hydrogens is 380 g/mol. The molecular formula is C23H24N4O3. The van der Waals surface area contributed by atoms with Crippen LogP contribution in [0.1, 0.15) is 47.5 Å². The number of anilines is 1. The normalized spacial score (nSPS) is 14.5. The number of nitrogens with one attached hydrogen (secondary N) is 1. The first-order valence-corrected chi connectivity index (χ1v) is 10.1. The summed E-state index contributed by atoms with van der Waals surface area (Å²) in [6.07, 6.45) is 1.58. The van der Waals surface area contributed by atoms with Crippen LogP contribution < -0.4 is 5.32 Å². The molecule has 1 saturated heterocycles. The predicted molar refractivity (Wildman–Crippen MR) is 113 cm³/mol. The fourth-order valence-electron chi connectivity index (χ4n) is 3.74. The van der Waals surface area contributed by atoms with E-state index < -0.39 is 0 Å². The Labute approximate surface area is 175 Å². The van der Waals surface area contributed by atoms with Crippen molar-refractivity contribution < 1.29 is 14.1 Å². The molecule has 0 saturated carbocycles. The van der Waals surface area contributed by atoms with Gasteiger partial charge in [-0.25, -0.2) is 0 Å². The summed E-state index contributed by atoms with van der Waals surface area (Å²) in [5, 5.41) is 6.85. The molecule has 3 aromatic rings. The average Bonchev–Trinajstić information content (AvgIpc) is 3.24. The van der Waals surface area contributed by atoms with Crippen LogP contribution in [0.3, 0.4) is 0 Å². The molecule has 1 aliphatic heterocycles. The van der Waals surface area contributed by atoms with Crippen molar-refractivity contribution in [3.05, 3.63) is 65.5 Å². The van der Waals surface area contributed by atoms with Gasteiger partial charge in [-0.15, -0.1) is 0 Å². The zero-order chi connectivity index (χ0) is 21.1. The molecule has 0 bridgehead atoms. The molecule has 154 valence electrons. The van der Waals surface area contributed by atoms with Crippen LogP contribution in [0.2, 0.25) is 0 Å². The molecule has 2 heterocycles. The second-order valence-corrected chi connectivity index (χ2v) is 7.60. The van der Waals surface area contributed by atoms with E-state index in [-0.39, 0.29) is 17.7 Å². The van der Waals surface area contributed by atoms with Crippen LogP contribution in [0.15, 0.2) is 53.1 Å². The van der Waals surface area contributed by atoms with E-state index in [0.29, 0.717) is 24.8 Å². The summed E-state index contributed by atoms with van der Waals surface area (Å²) in [5.74, 6) is 1.25. The smallest absolute Gasteiger partial charge is 0.254 e. The third-order valence-corrected chi connectivity index (χ3v) is 5.41. The van der Waals surface area contributed by atoms with Gasteiger partial charge in [-0.2, -0.15) is 4.98 Å². The van der Waals surface area contributed by atoms with Crippen LogP contribution in [-0.4, -0.2) is 39.9 Å². The van der Waals surface area contributed by atoms with E-state index in [1.54, 1.807) is 0 Å². The highest BCUT2D eigenvalue weighted by molar-refractivity contribution is 5.95. The van der Waals surface area contributed by atoms with E-state index in [2.05, 4.69) is 15.5 Å². The van der Waals surface area contributed by atoms with Crippen LogP contribution >= 0.6 is 0 Å². The van der Waals surface area contributed by atoms with Crippen LogP contribution in [-0.2, 0) is 4.79 Å². The van der Waals surface area contributed by atoms with Crippen LogP contribution in [0.5, 0.6) is 0 Å². The number of amides is 2. The molecule has 1 aliphatic rings. The number of nitrogens with zero attached hydrogens (tertiary/aromatic N) is 3. The lowest BCUT2D eigenvalue weighted by molar-refractivity contribution is -0.114. The number of piperidine rings is 1. The number of carbonyl (C=O) groups is 2. The first-order valence-electron chi connectivity index (χ1n) is 10.1. The van der Waals surface area contributed by atoms with Gasteiger partial charge in [-0.05, 0) is 55.7 Å². The number of rotatable bonds is 4. The maximum absolute atomic E-state index is 12.8. The van der Waals surface area contributed by atoms with Crippen molar-refractivity contribution in [2.75, 3.05) is 18.4 Å². The highest BCUT2D eigenvalue weighted by Crippen LogP contribution is 2.29. The summed E-state index contributed by atoms with van der Waals surface area (Å²) in [7, 11) is 0. The first-order chi connectivity index (χ1) is 14.5. The number of likely N-dealkylation sites (tertiary alicyclic amines) is 1. The van der Waals surface area contributed by atoms with Gasteiger partial charge in [0.15, 0.2) is 0 Å². The third-order valence-electron chi connectivity index (χ3n) is 5.41. The quantitative estimate of drug-likeness (QED) is 0.709. The molecule has 0 unspecified atom stereocenters. The second-order valence-electron chi connectivity index (χ2n) is 7.60. The monoisotopic (exact) mass is 404 g/mol. The van der Waals surface area contributed by atoms with Gasteiger partial charge in [0.05, 0.1) is 0 Å². The van der Waals surface area contributed by atoms with Gasteiger partial charge in [-0.3, -0.25) is 9.59 Å². The fourth-order valence-corrected chi connectivity index (χ4v) is 3.74. The van der Waals surface area contributed by atoms with Gasteiger partial charge in [0, 0.05) is 42.7 Å². The maximum Gasteiger partial charge on any atom is 0.254 e. The van der Waals surface area contributed by atoms with Crippen molar-refractivity contribution in [1.82, 2.24) is 15.0 Å². The number of carbonyl (C=O) groups excluding carboxylic acids is 2. The lowest BCUT2D eigenvalue weighted by Crippen LogP contribution is -2.38. The van der Waals surface area contributed by atoms with Crippen LogP contribution in [0.25, 0.3) is 11.4 Å². The minimum Gasteiger partial charge on any atom is -0.339 e. The van der Waals surface area contributed by atoms with Gasteiger partial charge in [0.25, 0.3) is 5.91 Å². The molecule has 2 amide bonds. The van der Waals surface area contributed by atoms with Crippen LogP contribution in [0, 0.1) is 6.92 Å². The molecule has 0 aliphatic carbocycles. The maximum atomic E-state index is 12.8. The van der Waals surface area contributed by atoms with Gasteiger partial charge in [0.2, 0.25) is 17.6 Å². The van der Waals surface area contributed by atoms with Gasteiger partial charge >= 0.3 is 0 Å². The Morgan fingerprint density at radius 2 is 1.77 bits per heavy atom. The first kappa shape index (κ1) is 19.8. The predicted octanol–water partition coefficient (Wildman–Crippen LogP) is 4.02. The Balaban J connectivity index is 1.39. The largest absolute Gasteiger partial charge is 0.339 e. The lowest BCUT2D eigenvalue weighted by Gasteiger charge is -2.30. The summed E-state index contributed by atoms with van der Waals surface area (Å²) >= 11 is 0. The Morgan fingerprint density at radius 3 is 2.43 bits per heavy atom. The van der Waals surface area contributed by atoms with Crippen molar-refractivity contribution in [2.24, 2.45) is 0 Å². The molecule has 0 spiro atoms. The number of aromatic nitrogens is 2. The molecule has 0 radical (unpaired) electrons. The van der Waals surface area contributed by atoms with Crippen LogP contribution in [0.4, 0.5) is 5.69 Å². The zero-order valence-corrected chi connectivity index (χ0v) is 17.1. The van der Waals surface area contributed by atoms with E-state index >= 15 is 0 Å². The molecule has 1 N–H and O–H groups in total.